The smallest absolute Gasteiger partial charge is 0.395 e. The zero-order chi connectivity index (χ0) is 14.3. The van der Waals surface area contributed by atoms with Crippen molar-refractivity contribution in [2.45, 2.75) is 12.6 Å². The fourth-order valence-electron chi connectivity index (χ4n) is 2.01. The molecular formula is C11H20F3N3O2. The van der Waals surface area contributed by atoms with Gasteiger partial charge in [0.2, 0.25) is 5.91 Å². The molecule has 19 heavy (non-hydrogen) atoms. The van der Waals surface area contributed by atoms with Crippen LogP contribution in [0.25, 0.3) is 0 Å². The Balaban J connectivity index is 2.29. The van der Waals surface area contributed by atoms with Crippen LogP contribution < -0.4 is 5.32 Å². The molecule has 5 nitrogen and oxygen atoms in total. The highest BCUT2D eigenvalue weighted by Crippen LogP contribution is 2.12. The van der Waals surface area contributed by atoms with E-state index in [4.69, 9.17) is 5.11 Å². The standard InChI is InChI=1S/C11H20F3N3O2/c12-11(13,14)9-15-8-10(19)17-3-1-2-16(4-5-17)6-7-18/h15,18H,1-9H2. The molecule has 0 atom stereocenters. The molecule has 0 radical (unpaired) electrons. The minimum Gasteiger partial charge on any atom is -0.395 e. The number of hydrogen-bond donors (Lipinski definition) is 2. The number of aliphatic hydroxyl groups excluding tert-OH is 1. The van der Waals surface area contributed by atoms with E-state index in [0.717, 1.165) is 13.0 Å². The Labute approximate surface area is 110 Å². The van der Waals surface area contributed by atoms with Gasteiger partial charge in [-0.15, -0.1) is 0 Å². The number of nitrogens with zero attached hydrogens (tertiary/aromatic N) is 2. The second kappa shape index (κ2) is 7.66. The second-order valence-electron chi connectivity index (χ2n) is 4.52. The molecule has 1 aliphatic heterocycles. The molecule has 1 fully saturated rings. The summed E-state index contributed by atoms with van der Waals surface area (Å²) in [5.74, 6) is -0.310. The predicted octanol–water partition coefficient (Wildman–Crippen LogP) is -0.335. The number of carbonyl (C=O) groups excluding carboxylic acids is 1. The molecular weight excluding hydrogens is 263 g/mol. The number of alkyl halides is 3. The first kappa shape index (κ1) is 16.2. The van der Waals surface area contributed by atoms with E-state index in [2.05, 4.69) is 5.32 Å². The Morgan fingerprint density at radius 3 is 2.58 bits per heavy atom. The van der Waals surface area contributed by atoms with E-state index in [1.807, 2.05) is 4.90 Å². The summed E-state index contributed by atoms with van der Waals surface area (Å²) in [6, 6.07) is 0. The van der Waals surface area contributed by atoms with Crippen LogP contribution in [0.2, 0.25) is 0 Å². The van der Waals surface area contributed by atoms with E-state index in [9.17, 15) is 18.0 Å². The summed E-state index contributed by atoms with van der Waals surface area (Å²) < 4.78 is 35.8. The van der Waals surface area contributed by atoms with Crippen LogP contribution in [0.3, 0.4) is 0 Å². The third-order valence-electron chi connectivity index (χ3n) is 2.96. The van der Waals surface area contributed by atoms with Crippen molar-refractivity contribution in [3.8, 4) is 0 Å². The maximum absolute atomic E-state index is 11.9. The van der Waals surface area contributed by atoms with Crippen LogP contribution in [-0.2, 0) is 4.79 Å². The molecule has 1 saturated heterocycles. The molecule has 0 aromatic rings. The monoisotopic (exact) mass is 283 g/mol. The van der Waals surface area contributed by atoms with E-state index in [1.165, 1.54) is 0 Å². The fourth-order valence-corrected chi connectivity index (χ4v) is 2.01. The number of hydrogen-bond acceptors (Lipinski definition) is 4. The minimum atomic E-state index is -4.29. The van der Waals surface area contributed by atoms with E-state index in [0.29, 0.717) is 26.2 Å². The van der Waals surface area contributed by atoms with Gasteiger partial charge in [-0.3, -0.25) is 9.69 Å². The van der Waals surface area contributed by atoms with Gasteiger partial charge in [0.05, 0.1) is 19.7 Å². The normalized spacial score (nSPS) is 18.4. The van der Waals surface area contributed by atoms with Gasteiger partial charge in [-0.05, 0) is 13.0 Å². The summed E-state index contributed by atoms with van der Waals surface area (Å²) in [5.41, 5.74) is 0. The number of β-amino-alcohol motifs (C(OH)–C–C–N with tert-alkyl or cyclic N) is 1. The Morgan fingerprint density at radius 2 is 1.95 bits per heavy atom. The third-order valence-corrected chi connectivity index (χ3v) is 2.96. The molecule has 1 aliphatic rings. The molecule has 1 amide bonds. The van der Waals surface area contributed by atoms with Gasteiger partial charge in [0, 0.05) is 26.2 Å². The lowest BCUT2D eigenvalue weighted by atomic mass is 10.3. The van der Waals surface area contributed by atoms with Gasteiger partial charge in [0.1, 0.15) is 0 Å². The Kier molecular flexibility index (Phi) is 6.53. The average Bonchev–Trinajstić information content (AvgIpc) is 2.53. The number of aliphatic hydroxyl groups is 1. The molecule has 0 aromatic carbocycles. The molecule has 0 spiro atoms. The van der Waals surface area contributed by atoms with Crippen LogP contribution in [0.4, 0.5) is 13.2 Å². The fraction of sp³-hybridized carbons (Fsp3) is 0.909. The van der Waals surface area contributed by atoms with Gasteiger partial charge < -0.3 is 15.3 Å². The number of halogens is 3. The molecule has 1 heterocycles. The number of nitrogens with one attached hydrogen (secondary N) is 1. The van der Waals surface area contributed by atoms with Crippen molar-refractivity contribution in [3.05, 3.63) is 0 Å². The molecule has 8 heteroatoms. The van der Waals surface area contributed by atoms with Gasteiger partial charge in [-0.2, -0.15) is 13.2 Å². The summed E-state index contributed by atoms with van der Waals surface area (Å²) >= 11 is 0. The molecule has 1 rings (SSSR count). The van der Waals surface area contributed by atoms with Gasteiger partial charge >= 0.3 is 6.18 Å². The summed E-state index contributed by atoms with van der Waals surface area (Å²) in [7, 11) is 0. The SMILES string of the molecule is O=C(CNCC(F)(F)F)N1CCCN(CCO)CC1. The maximum Gasteiger partial charge on any atom is 0.401 e. The van der Waals surface area contributed by atoms with Crippen LogP contribution in [0.5, 0.6) is 0 Å². The molecule has 112 valence electrons. The topological polar surface area (TPSA) is 55.8 Å². The molecule has 0 aliphatic carbocycles. The van der Waals surface area contributed by atoms with Gasteiger partial charge in [-0.25, -0.2) is 0 Å². The van der Waals surface area contributed by atoms with E-state index >= 15 is 0 Å². The highest BCUT2D eigenvalue weighted by Gasteiger charge is 2.27. The minimum absolute atomic E-state index is 0.0705. The Bertz CT molecular complexity index is 287. The molecule has 0 unspecified atom stereocenters. The van der Waals surface area contributed by atoms with Crippen LogP contribution in [-0.4, -0.2) is 79.4 Å². The van der Waals surface area contributed by atoms with Crippen LogP contribution in [0.1, 0.15) is 6.42 Å². The van der Waals surface area contributed by atoms with E-state index in [1.54, 1.807) is 4.90 Å². The van der Waals surface area contributed by atoms with Crippen LogP contribution >= 0.6 is 0 Å². The highest BCUT2D eigenvalue weighted by molar-refractivity contribution is 5.78. The van der Waals surface area contributed by atoms with Crippen LogP contribution in [0.15, 0.2) is 0 Å². The summed E-state index contributed by atoms with van der Waals surface area (Å²) in [6.07, 6.45) is -3.53. The molecule has 0 bridgehead atoms. The van der Waals surface area contributed by atoms with Crippen molar-refractivity contribution in [1.82, 2.24) is 15.1 Å². The Hall–Kier alpha value is -0.860. The van der Waals surface area contributed by atoms with Crippen molar-refractivity contribution in [1.29, 1.82) is 0 Å². The van der Waals surface area contributed by atoms with Gasteiger partial charge in [0.15, 0.2) is 0 Å². The average molecular weight is 283 g/mol. The predicted molar refractivity (Wildman–Crippen MR) is 63.6 cm³/mol. The number of carbonyl (C=O) groups is 1. The van der Waals surface area contributed by atoms with Crippen molar-refractivity contribution in [3.63, 3.8) is 0 Å². The van der Waals surface area contributed by atoms with E-state index in [-0.39, 0.29) is 19.1 Å². The summed E-state index contributed by atoms with van der Waals surface area (Å²) in [5, 5.41) is 10.9. The lowest BCUT2D eigenvalue weighted by Crippen LogP contribution is -2.42. The molecule has 0 aromatic heterocycles. The first-order valence-corrected chi connectivity index (χ1v) is 6.31. The van der Waals surface area contributed by atoms with Crippen molar-refractivity contribution >= 4 is 5.91 Å². The second-order valence-corrected chi connectivity index (χ2v) is 4.52. The van der Waals surface area contributed by atoms with Crippen molar-refractivity contribution in [2.75, 3.05) is 52.4 Å². The molecule has 2 N–H and O–H groups in total. The van der Waals surface area contributed by atoms with Gasteiger partial charge in [0.25, 0.3) is 0 Å². The highest BCUT2D eigenvalue weighted by atomic mass is 19.4. The zero-order valence-electron chi connectivity index (χ0n) is 10.7. The van der Waals surface area contributed by atoms with E-state index < -0.39 is 12.7 Å². The van der Waals surface area contributed by atoms with Crippen LogP contribution in [0, 0.1) is 0 Å². The summed E-state index contributed by atoms with van der Waals surface area (Å²) in [4.78, 5) is 15.3. The Morgan fingerprint density at radius 1 is 1.21 bits per heavy atom. The maximum atomic E-state index is 11.9. The quantitative estimate of drug-likeness (QED) is 0.725. The summed E-state index contributed by atoms with van der Waals surface area (Å²) in [6.45, 7) is 1.67. The lowest BCUT2D eigenvalue weighted by molar-refractivity contribution is -0.134. The number of rotatable bonds is 5. The largest absolute Gasteiger partial charge is 0.401 e. The van der Waals surface area contributed by atoms with Crippen molar-refractivity contribution in [2.24, 2.45) is 0 Å². The molecule has 0 saturated carbocycles. The third kappa shape index (κ3) is 6.74. The zero-order valence-corrected chi connectivity index (χ0v) is 10.7. The first-order chi connectivity index (χ1) is 8.92. The van der Waals surface area contributed by atoms with Crippen molar-refractivity contribution < 1.29 is 23.1 Å². The lowest BCUT2D eigenvalue weighted by Gasteiger charge is -2.21. The van der Waals surface area contributed by atoms with Gasteiger partial charge in [-0.1, -0.05) is 0 Å². The first-order valence-electron chi connectivity index (χ1n) is 6.31. The number of amides is 1.